The van der Waals surface area contributed by atoms with Gasteiger partial charge in [0.15, 0.2) is 0 Å². The SMILES string of the molecule is O=[N+]([O-])c1ccc(OCC(O)CN2CCNCC2)cc1Cl. The van der Waals surface area contributed by atoms with E-state index in [2.05, 4.69) is 10.2 Å². The molecule has 2 rings (SSSR count). The highest BCUT2D eigenvalue weighted by molar-refractivity contribution is 6.32. The molecule has 116 valence electrons. The van der Waals surface area contributed by atoms with Crippen molar-refractivity contribution in [2.75, 3.05) is 39.3 Å². The number of nitro groups is 1. The van der Waals surface area contributed by atoms with Crippen molar-refractivity contribution in [2.24, 2.45) is 0 Å². The molecule has 1 aliphatic heterocycles. The molecular formula is C13H18ClN3O4. The zero-order valence-electron chi connectivity index (χ0n) is 11.5. The summed E-state index contributed by atoms with van der Waals surface area (Å²) in [4.78, 5) is 12.3. The summed E-state index contributed by atoms with van der Waals surface area (Å²) in [6.45, 7) is 4.32. The first-order valence-corrected chi connectivity index (χ1v) is 7.12. The third-order valence-corrected chi connectivity index (χ3v) is 3.54. The van der Waals surface area contributed by atoms with E-state index in [-0.39, 0.29) is 17.3 Å². The molecule has 1 atom stereocenters. The number of hydrogen-bond acceptors (Lipinski definition) is 6. The normalized spacial score (nSPS) is 17.4. The lowest BCUT2D eigenvalue weighted by atomic mass is 10.3. The second-order valence-corrected chi connectivity index (χ2v) is 5.29. The van der Waals surface area contributed by atoms with Crippen LogP contribution in [0.5, 0.6) is 5.75 Å². The van der Waals surface area contributed by atoms with Crippen LogP contribution >= 0.6 is 11.6 Å². The number of benzene rings is 1. The Kier molecular flexibility index (Phi) is 5.75. The van der Waals surface area contributed by atoms with Crippen LogP contribution in [0.3, 0.4) is 0 Å². The minimum absolute atomic E-state index is 0.0223. The number of nitro benzene ring substituents is 1. The number of halogens is 1. The molecule has 8 heteroatoms. The maximum Gasteiger partial charge on any atom is 0.288 e. The number of ether oxygens (including phenoxy) is 1. The van der Waals surface area contributed by atoms with Crippen molar-refractivity contribution >= 4 is 17.3 Å². The molecule has 0 spiro atoms. The highest BCUT2D eigenvalue weighted by Crippen LogP contribution is 2.28. The topological polar surface area (TPSA) is 87.9 Å². The molecule has 2 N–H and O–H groups in total. The number of aliphatic hydroxyl groups excluding tert-OH is 1. The van der Waals surface area contributed by atoms with E-state index in [4.69, 9.17) is 16.3 Å². The average Bonchev–Trinajstić information content (AvgIpc) is 2.46. The Labute approximate surface area is 127 Å². The number of nitrogens with zero attached hydrogens (tertiary/aromatic N) is 2. The van der Waals surface area contributed by atoms with E-state index >= 15 is 0 Å². The van der Waals surface area contributed by atoms with Gasteiger partial charge in [-0.15, -0.1) is 0 Å². The van der Waals surface area contributed by atoms with Crippen molar-refractivity contribution in [3.8, 4) is 5.75 Å². The molecule has 1 heterocycles. The van der Waals surface area contributed by atoms with Crippen LogP contribution in [0.25, 0.3) is 0 Å². The van der Waals surface area contributed by atoms with Gasteiger partial charge in [0.1, 0.15) is 23.5 Å². The van der Waals surface area contributed by atoms with Gasteiger partial charge in [-0.25, -0.2) is 0 Å². The van der Waals surface area contributed by atoms with Crippen LogP contribution < -0.4 is 10.1 Å². The largest absolute Gasteiger partial charge is 0.491 e. The van der Waals surface area contributed by atoms with Gasteiger partial charge >= 0.3 is 0 Å². The number of aliphatic hydroxyl groups is 1. The summed E-state index contributed by atoms with van der Waals surface area (Å²) in [6.07, 6.45) is -0.614. The van der Waals surface area contributed by atoms with Crippen LogP contribution in [0.1, 0.15) is 0 Å². The molecule has 1 aromatic rings. The first-order chi connectivity index (χ1) is 10.1. The Morgan fingerprint density at radius 2 is 2.19 bits per heavy atom. The van der Waals surface area contributed by atoms with Crippen LogP contribution in [0.4, 0.5) is 5.69 Å². The highest BCUT2D eigenvalue weighted by atomic mass is 35.5. The molecule has 1 aliphatic rings. The van der Waals surface area contributed by atoms with Crippen molar-refractivity contribution in [3.63, 3.8) is 0 Å². The number of piperazine rings is 1. The third kappa shape index (κ3) is 4.82. The molecule has 0 aliphatic carbocycles. The van der Waals surface area contributed by atoms with Crippen molar-refractivity contribution in [1.82, 2.24) is 10.2 Å². The monoisotopic (exact) mass is 315 g/mol. The smallest absolute Gasteiger partial charge is 0.288 e. The Balaban J connectivity index is 1.81. The Morgan fingerprint density at radius 3 is 2.81 bits per heavy atom. The van der Waals surface area contributed by atoms with E-state index in [0.29, 0.717) is 12.3 Å². The molecule has 1 fully saturated rings. The van der Waals surface area contributed by atoms with Crippen molar-refractivity contribution in [3.05, 3.63) is 33.3 Å². The van der Waals surface area contributed by atoms with E-state index in [1.54, 1.807) is 0 Å². The minimum Gasteiger partial charge on any atom is -0.491 e. The lowest BCUT2D eigenvalue weighted by Crippen LogP contribution is -2.47. The van der Waals surface area contributed by atoms with E-state index in [0.717, 1.165) is 26.2 Å². The van der Waals surface area contributed by atoms with Crippen LogP contribution in [-0.2, 0) is 0 Å². The number of hydrogen-bond donors (Lipinski definition) is 2. The zero-order valence-corrected chi connectivity index (χ0v) is 12.3. The Hall–Kier alpha value is -1.41. The van der Waals surface area contributed by atoms with Gasteiger partial charge < -0.3 is 15.2 Å². The lowest BCUT2D eigenvalue weighted by Gasteiger charge is -2.29. The number of β-amino-alcohol motifs (C(OH)–C–C–N with tert-alkyl or cyclic N) is 1. The van der Waals surface area contributed by atoms with Crippen molar-refractivity contribution in [1.29, 1.82) is 0 Å². The summed E-state index contributed by atoms with van der Waals surface area (Å²) < 4.78 is 5.43. The molecule has 0 aromatic heterocycles. The van der Waals surface area contributed by atoms with E-state index in [1.807, 2.05) is 0 Å². The first kappa shape index (κ1) is 16.0. The molecule has 0 amide bonds. The average molecular weight is 316 g/mol. The summed E-state index contributed by atoms with van der Waals surface area (Å²) in [7, 11) is 0. The quantitative estimate of drug-likeness (QED) is 0.599. The van der Waals surface area contributed by atoms with E-state index < -0.39 is 11.0 Å². The van der Waals surface area contributed by atoms with Crippen molar-refractivity contribution in [2.45, 2.75) is 6.10 Å². The molecule has 1 unspecified atom stereocenters. The van der Waals surface area contributed by atoms with Crippen LogP contribution in [0.15, 0.2) is 18.2 Å². The molecule has 21 heavy (non-hydrogen) atoms. The fourth-order valence-electron chi connectivity index (χ4n) is 2.16. The molecule has 7 nitrogen and oxygen atoms in total. The second kappa shape index (κ2) is 7.56. The Morgan fingerprint density at radius 1 is 1.48 bits per heavy atom. The molecule has 1 aromatic carbocycles. The predicted octanol–water partition coefficient (Wildman–Crippen LogP) is 0.893. The van der Waals surface area contributed by atoms with Gasteiger partial charge in [-0.1, -0.05) is 11.6 Å². The highest BCUT2D eigenvalue weighted by Gasteiger charge is 2.16. The fourth-order valence-corrected chi connectivity index (χ4v) is 2.40. The maximum absolute atomic E-state index is 10.7. The van der Waals surface area contributed by atoms with Gasteiger partial charge in [-0.05, 0) is 6.07 Å². The summed E-state index contributed by atoms with van der Waals surface area (Å²) in [5, 5.41) is 23.9. The van der Waals surface area contributed by atoms with Crippen molar-refractivity contribution < 1.29 is 14.8 Å². The predicted molar refractivity (Wildman–Crippen MR) is 78.9 cm³/mol. The van der Waals surface area contributed by atoms with Crippen LogP contribution in [-0.4, -0.2) is 60.4 Å². The Bertz CT molecular complexity index is 494. The minimum atomic E-state index is -0.614. The third-order valence-electron chi connectivity index (χ3n) is 3.24. The van der Waals surface area contributed by atoms with Gasteiger partial charge in [-0.3, -0.25) is 15.0 Å². The number of rotatable bonds is 6. The van der Waals surface area contributed by atoms with Gasteiger partial charge in [0.2, 0.25) is 0 Å². The summed E-state index contributed by atoms with van der Waals surface area (Å²) in [5.41, 5.74) is -0.162. The summed E-state index contributed by atoms with van der Waals surface area (Å²) in [6, 6.07) is 4.15. The van der Waals surface area contributed by atoms with Crippen LogP contribution in [0.2, 0.25) is 5.02 Å². The van der Waals surface area contributed by atoms with E-state index in [9.17, 15) is 15.2 Å². The van der Waals surface area contributed by atoms with Gasteiger partial charge in [0.25, 0.3) is 5.69 Å². The molecular weight excluding hydrogens is 298 g/mol. The second-order valence-electron chi connectivity index (χ2n) is 4.89. The fraction of sp³-hybridized carbons (Fsp3) is 0.538. The van der Waals surface area contributed by atoms with Gasteiger partial charge in [0, 0.05) is 44.9 Å². The zero-order chi connectivity index (χ0) is 15.2. The molecule has 1 saturated heterocycles. The van der Waals surface area contributed by atoms with Gasteiger partial charge in [0.05, 0.1) is 4.92 Å². The van der Waals surface area contributed by atoms with E-state index in [1.165, 1.54) is 18.2 Å². The van der Waals surface area contributed by atoms with Crippen LogP contribution in [0, 0.1) is 10.1 Å². The molecule has 0 radical (unpaired) electrons. The standard InChI is InChI=1S/C13H18ClN3O4/c14-12-7-11(1-2-13(12)17(19)20)21-9-10(18)8-16-5-3-15-4-6-16/h1-2,7,10,15,18H,3-6,8-9H2. The molecule has 0 bridgehead atoms. The summed E-state index contributed by atoms with van der Waals surface area (Å²) in [5.74, 6) is 0.407. The molecule has 0 saturated carbocycles. The maximum atomic E-state index is 10.7. The van der Waals surface area contributed by atoms with Gasteiger partial charge in [-0.2, -0.15) is 0 Å². The lowest BCUT2D eigenvalue weighted by molar-refractivity contribution is -0.384. The first-order valence-electron chi connectivity index (χ1n) is 6.74. The summed E-state index contributed by atoms with van der Waals surface area (Å²) >= 11 is 5.80. The number of nitrogens with one attached hydrogen (secondary N) is 1.